The SMILES string of the molecule is COC(=O)c1cc(Cl)ccc1OC(=O)c1cc(Br)ccc1OCCc1ccccc1. The standard InChI is InChI=1S/C23H18BrClO5/c1-28-22(26)19-14-17(25)8-10-21(19)30-23(27)18-13-16(24)7-9-20(18)29-12-11-15-5-3-2-4-6-15/h2-10,13-14H,11-12H2,1H3. The Balaban J connectivity index is 1.79. The molecule has 0 N–H and O–H groups in total. The molecule has 3 aromatic carbocycles. The first-order chi connectivity index (χ1) is 14.5. The van der Waals surface area contributed by atoms with Crippen LogP contribution in [-0.2, 0) is 11.2 Å². The monoisotopic (exact) mass is 488 g/mol. The lowest BCUT2D eigenvalue weighted by atomic mass is 10.1. The average Bonchev–Trinajstić information content (AvgIpc) is 2.76. The van der Waals surface area contributed by atoms with Crippen LogP contribution in [-0.4, -0.2) is 25.7 Å². The molecule has 0 aromatic heterocycles. The molecule has 30 heavy (non-hydrogen) atoms. The van der Waals surface area contributed by atoms with Gasteiger partial charge in [0.05, 0.1) is 13.7 Å². The van der Waals surface area contributed by atoms with Crippen LogP contribution in [0.2, 0.25) is 5.02 Å². The molecule has 0 radical (unpaired) electrons. The van der Waals surface area contributed by atoms with Gasteiger partial charge in [0.25, 0.3) is 0 Å². The number of rotatable bonds is 7. The van der Waals surface area contributed by atoms with E-state index in [2.05, 4.69) is 15.9 Å². The van der Waals surface area contributed by atoms with Gasteiger partial charge in [-0.3, -0.25) is 0 Å². The molecule has 7 heteroatoms. The fourth-order valence-electron chi connectivity index (χ4n) is 2.73. The molecule has 0 saturated heterocycles. The van der Waals surface area contributed by atoms with Gasteiger partial charge in [-0.2, -0.15) is 0 Å². The maximum atomic E-state index is 12.9. The van der Waals surface area contributed by atoms with Crippen molar-refractivity contribution in [2.24, 2.45) is 0 Å². The largest absolute Gasteiger partial charge is 0.492 e. The van der Waals surface area contributed by atoms with Crippen LogP contribution in [0.25, 0.3) is 0 Å². The quantitative estimate of drug-likeness (QED) is 0.313. The second-order valence-electron chi connectivity index (χ2n) is 6.25. The smallest absolute Gasteiger partial charge is 0.347 e. The fraction of sp³-hybridized carbons (Fsp3) is 0.130. The van der Waals surface area contributed by atoms with Crippen LogP contribution in [0, 0.1) is 0 Å². The van der Waals surface area contributed by atoms with Crippen LogP contribution in [0.15, 0.2) is 71.2 Å². The highest BCUT2D eigenvalue weighted by atomic mass is 79.9. The van der Waals surface area contributed by atoms with E-state index < -0.39 is 11.9 Å². The normalized spacial score (nSPS) is 10.4. The molecule has 0 unspecified atom stereocenters. The molecule has 0 atom stereocenters. The lowest BCUT2D eigenvalue weighted by Crippen LogP contribution is -2.14. The zero-order chi connectivity index (χ0) is 21.5. The summed E-state index contributed by atoms with van der Waals surface area (Å²) in [6, 6.07) is 19.3. The lowest BCUT2D eigenvalue weighted by Gasteiger charge is -2.13. The summed E-state index contributed by atoms with van der Waals surface area (Å²) in [5, 5.41) is 0.322. The van der Waals surface area contributed by atoms with Crippen LogP contribution in [0.1, 0.15) is 26.3 Å². The second-order valence-corrected chi connectivity index (χ2v) is 7.60. The maximum Gasteiger partial charge on any atom is 0.347 e. The van der Waals surface area contributed by atoms with E-state index >= 15 is 0 Å². The molecular formula is C23H18BrClO5. The zero-order valence-electron chi connectivity index (χ0n) is 16.1. The zero-order valence-corrected chi connectivity index (χ0v) is 18.4. The Morgan fingerprint density at radius 2 is 1.60 bits per heavy atom. The minimum absolute atomic E-state index is 0.0476. The fourth-order valence-corrected chi connectivity index (χ4v) is 3.26. The second kappa shape index (κ2) is 10.3. The average molecular weight is 490 g/mol. The summed E-state index contributed by atoms with van der Waals surface area (Å²) >= 11 is 9.31. The summed E-state index contributed by atoms with van der Waals surface area (Å²) < 4.78 is 16.7. The molecule has 0 heterocycles. The molecule has 3 aromatic rings. The van der Waals surface area contributed by atoms with Crippen molar-refractivity contribution in [1.29, 1.82) is 0 Å². The van der Waals surface area contributed by atoms with Gasteiger partial charge >= 0.3 is 11.9 Å². The van der Waals surface area contributed by atoms with E-state index in [1.54, 1.807) is 18.2 Å². The first-order valence-electron chi connectivity index (χ1n) is 9.04. The van der Waals surface area contributed by atoms with Crippen LogP contribution < -0.4 is 9.47 Å². The summed E-state index contributed by atoms with van der Waals surface area (Å²) in [6.45, 7) is 0.389. The lowest BCUT2D eigenvalue weighted by molar-refractivity contribution is 0.0593. The van der Waals surface area contributed by atoms with E-state index in [1.165, 1.54) is 25.3 Å². The molecule has 154 valence electrons. The van der Waals surface area contributed by atoms with Crippen LogP contribution in [0.5, 0.6) is 11.5 Å². The van der Waals surface area contributed by atoms with Crippen LogP contribution in [0.3, 0.4) is 0 Å². The highest BCUT2D eigenvalue weighted by Crippen LogP contribution is 2.28. The van der Waals surface area contributed by atoms with E-state index in [0.29, 0.717) is 28.3 Å². The summed E-state index contributed by atoms with van der Waals surface area (Å²) in [5.41, 5.74) is 1.41. The number of methoxy groups -OCH3 is 1. The third-order valence-electron chi connectivity index (χ3n) is 4.20. The van der Waals surface area contributed by atoms with E-state index in [1.807, 2.05) is 30.3 Å². The van der Waals surface area contributed by atoms with Gasteiger partial charge in [-0.15, -0.1) is 0 Å². The molecule has 0 fully saturated rings. The van der Waals surface area contributed by atoms with Gasteiger partial charge in [-0.25, -0.2) is 9.59 Å². The number of ether oxygens (including phenoxy) is 3. The van der Waals surface area contributed by atoms with E-state index in [0.717, 1.165) is 5.56 Å². The Morgan fingerprint density at radius 3 is 2.33 bits per heavy atom. The highest BCUT2D eigenvalue weighted by Gasteiger charge is 2.20. The molecule has 5 nitrogen and oxygen atoms in total. The highest BCUT2D eigenvalue weighted by molar-refractivity contribution is 9.10. The number of hydrogen-bond acceptors (Lipinski definition) is 5. The summed E-state index contributed by atoms with van der Waals surface area (Å²) in [7, 11) is 1.24. The van der Waals surface area contributed by atoms with Crippen molar-refractivity contribution < 1.29 is 23.8 Å². The van der Waals surface area contributed by atoms with Gasteiger partial charge < -0.3 is 14.2 Å². The molecule has 0 amide bonds. The predicted octanol–water partition coefficient (Wildman–Crippen LogP) is 5.73. The number of carbonyl (C=O) groups excluding carboxylic acids is 2. The van der Waals surface area contributed by atoms with Gasteiger partial charge in [-0.1, -0.05) is 57.9 Å². The van der Waals surface area contributed by atoms with Crippen LogP contribution >= 0.6 is 27.5 Å². The Kier molecular flexibility index (Phi) is 7.49. The Labute approximate surface area is 187 Å². The number of hydrogen-bond donors (Lipinski definition) is 0. The molecule has 0 bridgehead atoms. The summed E-state index contributed by atoms with van der Waals surface area (Å²) in [5.74, 6) is -0.897. The van der Waals surface area contributed by atoms with Crippen molar-refractivity contribution in [3.8, 4) is 11.5 Å². The minimum Gasteiger partial charge on any atom is -0.492 e. The van der Waals surface area contributed by atoms with Crippen molar-refractivity contribution in [1.82, 2.24) is 0 Å². The summed E-state index contributed by atoms with van der Waals surface area (Å²) in [4.78, 5) is 24.9. The van der Waals surface area contributed by atoms with Crippen molar-refractivity contribution in [2.75, 3.05) is 13.7 Å². The molecule has 0 aliphatic carbocycles. The Bertz CT molecular complexity index is 1050. The first kappa shape index (κ1) is 21.9. The van der Waals surface area contributed by atoms with E-state index in [4.69, 9.17) is 25.8 Å². The molecule has 0 saturated carbocycles. The molecule has 3 rings (SSSR count). The van der Waals surface area contributed by atoms with Gasteiger partial charge in [0.15, 0.2) is 0 Å². The predicted molar refractivity (Wildman–Crippen MR) is 118 cm³/mol. The van der Waals surface area contributed by atoms with Crippen molar-refractivity contribution in [3.63, 3.8) is 0 Å². The van der Waals surface area contributed by atoms with Crippen LogP contribution in [0.4, 0.5) is 0 Å². The number of esters is 2. The number of benzene rings is 3. The minimum atomic E-state index is -0.668. The van der Waals surface area contributed by atoms with Gasteiger partial charge in [-0.05, 0) is 42.0 Å². The van der Waals surface area contributed by atoms with Crippen molar-refractivity contribution >= 4 is 39.5 Å². The maximum absolute atomic E-state index is 12.9. The van der Waals surface area contributed by atoms with Crippen molar-refractivity contribution in [2.45, 2.75) is 6.42 Å². The summed E-state index contributed by atoms with van der Waals surface area (Å²) in [6.07, 6.45) is 0.690. The molecule has 0 spiro atoms. The Morgan fingerprint density at radius 1 is 0.900 bits per heavy atom. The number of halogens is 2. The Hall–Kier alpha value is -2.83. The molecule has 0 aliphatic heterocycles. The van der Waals surface area contributed by atoms with Gasteiger partial charge in [0, 0.05) is 15.9 Å². The van der Waals surface area contributed by atoms with E-state index in [9.17, 15) is 9.59 Å². The van der Waals surface area contributed by atoms with Gasteiger partial charge in [0.2, 0.25) is 0 Å². The third-order valence-corrected chi connectivity index (χ3v) is 4.93. The first-order valence-corrected chi connectivity index (χ1v) is 10.2. The van der Waals surface area contributed by atoms with Crippen molar-refractivity contribution in [3.05, 3.63) is 92.9 Å². The van der Waals surface area contributed by atoms with E-state index in [-0.39, 0.29) is 16.9 Å². The topological polar surface area (TPSA) is 61.8 Å². The van der Waals surface area contributed by atoms with Gasteiger partial charge in [0.1, 0.15) is 22.6 Å². The number of carbonyl (C=O) groups is 2. The third kappa shape index (κ3) is 5.62. The molecule has 0 aliphatic rings. The molecular weight excluding hydrogens is 472 g/mol.